The summed E-state index contributed by atoms with van der Waals surface area (Å²) in [5, 5.41) is 8.21. The molecule has 0 radical (unpaired) electrons. The molecule has 2 aromatic rings. The molecule has 0 unspecified atom stereocenters. The molecule has 0 aromatic heterocycles. The van der Waals surface area contributed by atoms with Gasteiger partial charge in [0.1, 0.15) is 5.75 Å². The first kappa shape index (κ1) is 23.6. The fourth-order valence-electron chi connectivity index (χ4n) is 1.74. The second-order valence-corrected chi connectivity index (χ2v) is 5.88. The predicted octanol–water partition coefficient (Wildman–Crippen LogP) is 5.52. The number of benzene rings is 2. The lowest BCUT2D eigenvalue weighted by atomic mass is 10.0. The summed E-state index contributed by atoms with van der Waals surface area (Å²) >= 11 is 5.86. The van der Waals surface area contributed by atoms with Gasteiger partial charge in [0.25, 0.3) is 0 Å². The Morgan fingerprint density at radius 1 is 1.12 bits per heavy atom. The highest BCUT2D eigenvalue weighted by Gasteiger charge is 2.05. The van der Waals surface area contributed by atoms with E-state index in [1.54, 1.807) is 12.1 Å². The van der Waals surface area contributed by atoms with Crippen LogP contribution in [0.5, 0.6) is 5.75 Å². The van der Waals surface area contributed by atoms with Crippen LogP contribution in [0.3, 0.4) is 0 Å². The van der Waals surface area contributed by atoms with Gasteiger partial charge in [0.05, 0.1) is 12.6 Å². The van der Waals surface area contributed by atoms with Crippen LogP contribution in [-0.4, -0.2) is 12.5 Å². The predicted molar refractivity (Wildman–Crippen MR) is 108 cm³/mol. The number of nitrogens with zero attached hydrogens (tertiary/aromatic N) is 1. The smallest absolute Gasteiger partial charge is 0.308 e. The summed E-state index contributed by atoms with van der Waals surface area (Å²) in [6.45, 7) is 7.80. The molecular formula is C21H27ClN2O2. The second-order valence-electron chi connectivity index (χ2n) is 5.44. The topological polar surface area (TPSA) is 76.1 Å². The lowest BCUT2D eigenvalue weighted by molar-refractivity contribution is -0.131. The highest BCUT2D eigenvalue weighted by molar-refractivity contribution is 6.30. The maximum atomic E-state index is 10.9. The van der Waals surface area contributed by atoms with Crippen LogP contribution in [0.15, 0.2) is 42.5 Å². The van der Waals surface area contributed by atoms with E-state index in [0.29, 0.717) is 10.8 Å². The molecular weight excluding hydrogens is 348 g/mol. The highest BCUT2D eigenvalue weighted by Crippen LogP contribution is 2.27. The number of unbranched alkanes of at least 4 members (excludes halogenated alkanes) is 1. The van der Waals surface area contributed by atoms with E-state index in [1.807, 2.05) is 43.3 Å². The Bertz CT molecular complexity index is 705. The number of hydrogen-bond donors (Lipinski definition) is 1. The molecule has 5 heteroatoms. The molecule has 0 amide bonds. The first-order valence-electron chi connectivity index (χ1n) is 8.51. The zero-order chi connectivity index (χ0) is 19.9. The third-order valence-corrected chi connectivity index (χ3v) is 3.45. The van der Waals surface area contributed by atoms with Crippen LogP contribution >= 0.6 is 11.6 Å². The number of carbonyl (C=O) groups excluding carboxylic acids is 1. The molecule has 0 aliphatic rings. The van der Waals surface area contributed by atoms with Gasteiger partial charge in [-0.3, -0.25) is 4.79 Å². The van der Waals surface area contributed by atoms with Crippen molar-refractivity contribution in [1.29, 1.82) is 5.26 Å². The van der Waals surface area contributed by atoms with Crippen LogP contribution in [0.1, 0.15) is 39.2 Å². The summed E-state index contributed by atoms with van der Waals surface area (Å²) in [5.41, 5.74) is 7.74. The lowest BCUT2D eigenvalue weighted by Gasteiger charge is -2.08. The minimum Gasteiger partial charge on any atom is -0.426 e. The summed E-state index contributed by atoms with van der Waals surface area (Å²) in [7, 11) is 0. The molecule has 0 fully saturated rings. The molecule has 0 aliphatic carbocycles. The maximum absolute atomic E-state index is 10.9. The van der Waals surface area contributed by atoms with Gasteiger partial charge in [-0.25, -0.2) is 0 Å². The molecule has 0 spiro atoms. The number of halogens is 1. The summed E-state index contributed by atoms with van der Waals surface area (Å²) < 4.78 is 5.09. The van der Waals surface area contributed by atoms with Crippen LogP contribution < -0.4 is 10.5 Å². The van der Waals surface area contributed by atoms with Crippen molar-refractivity contribution in [3.63, 3.8) is 0 Å². The number of rotatable bonds is 3. The van der Waals surface area contributed by atoms with Crippen molar-refractivity contribution in [1.82, 2.24) is 0 Å². The molecule has 0 heterocycles. The largest absolute Gasteiger partial charge is 0.426 e. The van der Waals surface area contributed by atoms with Crippen molar-refractivity contribution in [2.24, 2.45) is 5.73 Å². The monoisotopic (exact) mass is 374 g/mol. The van der Waals surface area contributed by atoms with Gasteiger partial charge in [-0.1, -0.05) is 56.5 Å². The number of esters is 1. The number of ether oxygens (including phenoxy) is 1. The lowest BCUT2D eigenvalue weighted by Crippen LogP contribution is -2.02. The third kappa shape index (κ3) is 9.83. The quantitative estimate of drug-likeness (QED) is 0.436. The Balaban J connectivity index is 0.000000662. The van der Waals surface area contributed by atoms with Gasteiger partial charge in [0.15, 0.2) is 0 Å². The first-order chi connectivity index (χ1) is 12.4. The van der Waals surface area contributed by atoms with Gasteiger partial charge >= 0.3 is 5.97 Å². The van der Waals surface area contributed by atoms with E-state index >= 15 is 0 Å². The third-order valence-electron chi connectivity index (χ3n) is 3.20. The molecule has 26 heavy (non-hydrogen) atoms. The fourth-order valence-corrected chi connectivity index (χ4v) is 1.87. The molecule has 2 aromatic carbocycles. The summed E-state index contributed by atoms with van der Waals surface area (Å²) in [6.07, 6.45) is 2.64. The number of nitrogens with two attached hydrogens (primary N) is 1. The molecule has 140 valence electrons. The van der Waals surface area contributed by atoms with Crippen LogP contribution in [0, 0.1) is 18.3 Å². The number of nitriles is 1. The van der Waals surface area contributed by atoms with Crippen LogP contribution in [0.25, 0.3) is 11.1 Å². The van der Waals surface area contributed by atoms with Crippen molar-refractivity contribution in [3.8, 4) is 22.9 Å². The van der Waals surface area contributed by atoms with E-state index in [4.69, 9.17) is 21.6 Å². The molecule has 0 saturated heterocycles. The van der Waals surface area contributed by atoms with Crippen LogP contribution in [0.4, 0.5) is 0 Å². The second kappa shape index (κ2) is 13.9. The van der Waals surface area contributed by atoms with Crippen molar-refractivity contribution in [2.75, 3.05) is 6.54 Å². The van der Waals surface area contributed by atoms with Crippen molar-refractivity contribution in [2.45, 2.75) is 40.5 Å². The number of hydrogen-bond acceptors (Lipinski definition) is 4. The van der Waals surface area contributed by atoms with E-state index in [-0.39, 0.29) is 12.5 Å². The standard InChI is InChI=1S/C15H13ClO2.C4H10.C2H4N2/c1-10-9-13(5-8-15(10)18-11(2)17)12-3-6-14(16)7-4-12;1-3-4-2;3-1-2-4/h3-9H,1-2H3;3-4H2,1-2H3;1,3H2. The Hall–Kier alpha value is -2.35. The summed E-state index contributed by atoms with van der Waals surface area (Å²) in [4.78, 5) is 10.9. The molecule has 0 bridgehead atoms. The van der Waals surface area contributed by atoms with Gasteiger partial charge in [-0.05, 0) is 47.9 Å². The fraction of sp³-hybridized carbons (Fsp3) is 0.333. The molecule has 0 atom stereocenters. The van der Waals surface area contributed by atoms with Gasteiger partial charge in [0.2, 0.25) is 0 Å². The average Bonchev–Trinajstić information content (AvgIpc) is 2.64. The van der Waals surface area contributed by atoms with E-state index < -0.39 is 0 Å². The van der Waals surface area contributed by atoms with Crippen LogP contribution in [-0.2, 0) is 4.79 Å². The SMILES string of the molecule is CC(=O)Oc1ccc(-c2ccc(Cl)cc2)cc1C.CCCC.N#CCN. The molecule has 4 nitrogen and oxygen atoms in total. The van der Waals surface area contributed by atoms with E-state index in [9.17, 15) is 4.79 Å². The van der Waals surface area contributed by atoms with Crippen molar-refractivity contribution >= 4 is 17.6 Å². The van der Waals surface area contributed by atoms with Crippen molar-refractivity contribution in [3.05, 3.63) is 53.1 Å². The Labute approximate surface area is 161 Å². The zero-order valence-electron chi connectivity index (χ0n) is 15.9. The molecule has 0 aliphatic heterocycles. The Kier molecular flexibility index (Phi) is 12.6. The van der Waals surface area contributed by atoms with Gasteiger partial charge in [-0.2, -0.15) is 5.26 Å². The molecule has 0 saturated carbocycles. The first-order valence-corrected chi connectivity index (χ1v) is 8.89. The highest BCUT2D eigenvalue weighted by atomic mass is 35.5. The minimum atomic E-state index is -0.308. The number of aryl methyl sites for hydroxylation is 1. The molecule has 2 N–H and O–H groups in total. The number of carbonyl (C=O) groups is 1. The van der Waals surface area contributed by atoms with E-state index in [0.717, 1.165) is 16.7 Å². The van der Waals surface area contributed by atoms with Gasteiger partial charge in [0, 0.05) is 11.9 Å². The van der Waals surface area contributed by atoms with Gasteiger partial charge < -0.3 is 10.5 Å². The molecule has 2 rings (SSSR count). The van der Waals surface area contributed by atoms with E-state index in [1.165, 1.54) is 19.8 Å². The minimum absolute atomic E-state index is 0.125. The van der Waals surface area contributed by atoms with E-state index in [2.05, 4.69) is 19.6 Å². The van der Waals surface area contributed by atoms with Crippen molar-refractivity contribution < 1.29 is 9.53 Å². The summed E-state index contributed by atoms with van der Waals surface area (Å²) in [6, 6.07) is 15.1. The average molecular weight is 375 g/mol. The van der Waals surface area contributed by atoms with Crippen LogP contribution in [0.2, 0.25) is 5.02 Å². The maximum Gasteiger partial charge on any atom is 0.308 e. The normalized spacial score (nSPS) is 8.96. The summed E-state index contributed by atoms with van der Waals surface area (Å²) in [5.74, 6) is 0.289. The van der Waals surface area contributed by atoms with Gasteiger partial charge in [-0.15, -0.1) is 0 Å². The zero-order valence-corrected chi connectivity index (χ0v) is 16.6. The Morgan fingerprint density at radius 3 is 2.00 bits per heavy atom. The Morgan fingerprint density at radius 2 is 1.62 bits per heavy atom.